The van der Waals surface area contributed by atoms with Crippen molar-refractivity contribution < 1.29 is 37.0 Å². The first-order valence-corrected chi connectivity index (χ1v) is 1.26. The summed E-state index contributed by atoms with van der Waals surface area (Å²) >= 11 is 0. The summed E-state index contributed by atoms with van der Waals surface area (Å²) in [5, 5.41) is 0. The summed E-state index contributed by atoms with van der Waals surface area (Å²) in [4.78, 5) is 6.75. The van der Waals surface area contributed by atoms with E-state index in [9.17, 15) is 0 Å². The topological polar surface area (TPSA) is 24.7 Å². The standard InChI is InChI=1S/C3H6N2.2CH4.Y.3H2/c1-4-3-5-2;;;;;;/h1-3H2;2*1H4;;3*1H. The molecule has 0 saturated heterocycles. The third-order valence-corrected chi connectivity index (χ3v) is 0.200. The van der Waals surface area contributed by atoms with Crippen molar-refractivity contribution in [3.8, 4) is 0 Å². The molecule has 0 heterocycles. The number of nitrogens with zero attached hydrogens (tertiary/aromatic N) is 2. The van der Waals surface area contributed by atoms with Crippen molar-refractivity contribution in [1.82, 2.24) is 0 Å². The average molecular weight is 197 g/mol. The van der Waals surface area contributed by atoms with Crippen LogP contribution in [0, 0.1) is 0 Å². The molecule has 0 spiro atoms. The van der Waals surface area contributed by atoms with Crippen LogP contribution in [0.1, 0.15) is 19.1 Å². The molecule has 0 N–H and O–H groups in total. The third kappa shape index (κ3) is 32.0. The zero-order valence-electron chi connectivity index (χ0n) is 3.59. The molecule has 1 radical (unpaired) electrons. The number of hydrogen-bond acceptors (Lipinski definition) is 2. The maximum Gasteiger partial charge on any atom is 0.127 e. The molecule has 53 valence electrons. The van der Waals surface area contributed by atoms with Gasteiger partial charge in [-0.15, -0.1) is 0 Å². The summed E-state index contributed by atoms with van der Waals surface area (Å²) in [5.74, 6) is 0. The van der Waals surface area contributed by atoms with Gasteiger partial charge in [-0.25, -0.2) is 0 Å². The molecule has 0 rings (SSSR count). The molecule has 0 aromatic carbocycles. The molecule has 0 unspecified atom stereocenters. The van der Waals surface area contributed by atoms with E-state index in [4.69, 9.17) is 0 Å². The maximum absolute atomic E-state index is 3.38. The first-order chi connectivity index (χ1) is 2.41. The van der Waals surface area contributed by atoms with Crippen LogP contribution < -0.4 is 0 Å². The SMILES string of the molecule is C.C.C=NCN=C.[HH].[HH].[HH].[Y]. The van der Waals surface area contributed by atoms with E-state index in [-0.39, 0.29) is 51.8 Å². The molecule has 0 bridgehead atoms. The van der Waals surface area contributed by atoms with Crippen LogP contribution >= 0.6 is 0 Å². The Morgan fingerprint density at radius 1 is 1.12 bits per heavy atom. The molecule has 0 fully saturated rings. The number of hydrogen-bond donors (Lipinski definition) is 0. The van der Waals surface area contributed by atoms with Crippen molar-refractivity contribution in [3.63, 3.8) is 0 Å². The molecule has 8 heavy (non-hydrogen) atoms. The fraction of sp³-hybridized carbons (Fsp3) is 0.600. The minimum atomic E-state index is 0. The fourth-order valence-electron chi connectivity index (χ4n) is 0.0707. The minimum Gasteiger partial charge on any atom is -0.278 e. The maximum atomic E-state index is 3.38. The first kappa shape index (κ1) is 23.7. The summed E-state index contributed by atoms with van der Waals surface area (Å²) in [5.41, 5.74) is 0. The van der Waals surface area contributed by atoms with E-state index >= 15 is 0 Å². The van der Waals surface area contributed by atoms with Crippen LogP contribution in [0.4, 0.5) is 0 Å². The summed E-state index contributed by atoms with van der Waals surface area (Å²) in [7, 11) is 0. The van der Waals surface area contributed by atoms with Crippen LogP contribution in [0.3, 0.4) is 0 Å². The smallest absolute Gasteiger partial charge is 0.127 e. The molecular formula is C5H20N2Y. The number of aliphatic imine (C=N–C) groups is 2. The van der Waals surface area contributed by atoms with Crippen LogP contribution in [-0.4, -0.2) is 20.1 Å². The van der Waals surface area contributed by atoms with E-state index in [2.05, 4.69) is 23.4 Å². The average Bonchev–Trinajstić information content (AvgIpc) is 1.41. The second-order valence-electron chi connectivity index (χ2n) is 0.589. The molecule has 0 aromatic rings. The van der Waals surface area contributed by atoms with Gasteiger partial charge in [-0.3, -0.25) is 9.98 Å². The molecular weight excluding hydrogens is 177 g/mol. The van der Waals surface area contributed by atoms with Crippen molar-refractivity contribution in [2.45, 2.75) is 14.9 Å². The summed E-state index contributed by atoms with van der Waals surface area (Å²) < 4.78 is 0. The monoisotopic (exact) mass is 197 g/mol. The molecule has 0 saturated carbocycles. The quantitative estimate of drug-likeness (QED) is 0.607. The Balaban J connectivity index is -0.00000000533. The Kier molecular flexibility index (Phi) is 77.2. The largest absolute Gasteiger partial charge is 0.278 e. The van der Waals surface area contributed by atoms with E-state index in [1.165, 1.54) is 0 Å². The summed E-state index contributed by atoms with van der Waals surface area (Å²) in [6.45, 7) is 6.75. The van der Waals surface area contributed by atoms with Crippen molar-refractivity contribution in [2.24, 2.45) is 9.98 Å². The third-order valence-electron chi connectivity index (χ3n) is 0.200. The van der Waals surface area contributed by atoms with Gasteiger partial charge in [0.2, 0.25) is 0 Å². The molecule has 2 nitrogen and oxygen atoms in total. The second kappa shape index (κ2) is 26.1. The Hall–Kier alpha value is 0.444. The van der Waals surface area contributed by atoms with Gasteiger partial charge >= 0.3 is 0 Å². The zero-order chi connectivity index (χ0) is 4.12. The van der Waals surface area contributed by atoms with Crippen LogP contribution in [-0.2, 0) is 32.7 Å². The van der Waals surface area contributed by atoms with Crippen molar-refractivity contribution in [2.75, 3.05) is 6.67 Å². The predicted octanol–water partition coefficient (Wildman–Crippen LogP) is 2.35. The summed E-state index contributed by atoms with van der Waals surface area (Å²) in [6, 6.07) is 0. The van der Waals surface area contributed by atoms with Crippen LogP contribution in [0.5, 0.6) is 0 Å². The van der Waals surface area contributed by atoms with E-state index < -0.39 is 0 Å². The van der Waals surface area contributed by atoms with Gasteiger partial charge in [0.05, 0.1) is 0 Å². The van der Waals surface area contributed by atoms with Gasteiger partial charge in [0, 0.05) is 37.0 Å². The van der Waals surface area contributed by atoms with E-state index in [1.54, 1.807) is 0 Å². The van der Waals surface area contributed by atoms with Gasteiger partial charge in [0.15, 0.2) is 0 Å². The Morgan fingerprint density at radius 3 is 1.38 bits per heavy atom. The first-order valence-electron chi connectivity index (χ1n) is 1.26. The molecule has 0 aliphatic rings. The van der Waals surface area contributed by atoms with Crippen LogP contribution in [0.25, 0.3) is 0 Å². The molecule has 0 aromatic heterocycles. The van der Waals surface area contributed by atoms with E-state index in [0.717, 1.165) is 0 Å². The van der Waals surface area contributed by atoms with Gasteiger partial charge in [-0.2, -0.15) is 0 Å². The molecule has 0 amide bonds. The Morgan fingerprint density at radius 2 is 1.38 bits per heavy atom. The van der Waals surface area contributed by atoms with E-state index in [0.29, 0.717) is 6.67 Å². The molecule has 0 atom stereocenters. The van der Waals surface area contributed by atoms with Crippen molar-refractivity contribution >= 4 is 13.4 Å². The number of rotatable bonds is 2. The van der Waals surface area contributed by atoms with Crippen LogP contribution in [0.2, 0.25) is 0 Å². The zero-order valence-corrected chi connectivity index (χ0v) is 6.43. The van der Waals surface area contributed by atoms with Crippen LogP contribution in [0.15, 0.2) is 9.98 Å². The van der Waals surface area contributed by atoms with Gasteiger partial charge in [-0.05, 0) is 13.4 Å². The van der Waals surface area contributed by atoms with E-state index in [1.807, 2.05) is 0 Å². The molecule has 3 heteroatoms. The van der Waals surface area contributed by atoms with Gasteiger partial charge in [0.1, 0.15) is 6.67 Å². The molecule has 0 aliphatic carbocycles. The molecule has 0 aliphatic heterocycles. The van der Waals surface area contributed by atoms with Crippen molar-refractivity contribution in [3.05, 3.63) is 0 Å². The van der Waals surface area contributed by atoms with Crippen molar-refractivity contribution in [1.29, 1.82) is 0 Å². The Labute approximate surface area is 81.8 Å². The Bertz CT molecular complexity index is 49.0. The fourth-order valence-corrected chi connectivity index (χ4v) is 0.0707. The van der Waals surface area contributed by atoms with Gasteiger partial charge in [-0.1, -0.05) is 14.9 Å². The van der Waals surface area contributed by atoms with Gasteiger partial charge < -0.3 is 0 Å². The summed E-state index contributed by atoms with van der Waals surface area (Å²) in [6.07, 6.45) is 0. The van der Waals surface area contributed by atoms with Gasteiger partial charge in [0.25, 0.3) is 0 Å². The normalized spacial score (nSPS) is 4.00. The second-order valence-corrected chi connectivity index (χ2v) is 0.589. The minimum absolute atomic E-state index is 0. The predicted molar refractivity (Wildman–Crippen MR) is 43.8 cm³/mol.